The number of aliphatic hydroxyl groups is 1. The van der Waals surface area contributed by atoms with Gasteiger partial charge in [0.1, 0.15) is 18.3 Å². The van der Waals surface area contributed by atoms with E-state index in [-0.39, 0.29) is 28.5 Å². The molecule has 4 unspecified atom stereocenters. The molecule has 24 heavy (non-hydrogen) atoms. The van der Waals surface area contributed by atoms with Crippen molar-refractivity contribution in [1.29, 1.82) is 0 Å². The van der Waals surface area contributed by atoms with E-state index in [4.69, 9.17) is 15.0 Å². The van der Waals surface area contributed by atoms with Gasteiger partial charge in [-0.3, -0.25) is 23.4 Å². The first kappa shape index (κ1) is 16.1. The highest BCUT2D eigenvalue weighted by molar-refractivity contribution is 9.10. The maximum Gasteiger partial charge on any atom is 0.472 e. The summed E-state index contributed by atoms with van der Waals surface area (Å²) in [5.74, 6) is -0.134. The van der Waals surface area contributed by atoms with Crippen LogP contribution in [0, 0.1) is 0 Å². The maximum atomic E-state index is 11.9. The number of rotatable bonds is 1. The van der Waals surface area contributed by atoms with Gasteiger partial charge in [-0.25, -0.2) is 9.55 Å². The SMILES string of the molecule is Nc1nc2c(nc(Br)n2[C@@H]2OC3COP(=O)(O)OC3C2O)c(=O)[nH]1. The molecular formula is C10H11BrN5O7P. The van der Waals surface area contributed by atoms with Crippen LogP contribution in [-0.2, 0) is 18.3 Å². The van der Waals surface area contributed by atoms with Gasteiger partial charge in [0.15, 0.2) is 22.1 Å². The molecule has 2 aromatic rings. The summed E-state index contributed by atoms with van der Waals surface area (Å²) in [4.78, 5) is 31.7. The minimum absolute atomic E-state index is 0.00764. The van der Waals surface area contributed by atoms with Crippen molar-refractivity contribution in [3.63, 3.8) is 0 Å². The number of hydrogen-bond acceptors (Lipinski definition) is 9. The van der Waals surface area contributed by atoms with Gasteiger partial charge in [0.2, 0.25) is 5.95 Å². The van der Waals surface area contributed by atoms with Crippen LogP contribution in [-0.4, -0.2) is 54.4 Å². The first-order valence-electron chi connectivity index (χ1n) is 6.69. The van der Waals surface area contributed by atoms with Crippen LogP contribution >= 0.6 is 23.8 Å². The van der Waals surface area contributed by atoms with Crippen molar-refractivity contribution in [1.82, 2.24) is 19.5 Å². The fraction of sp³-hybridized carbons (Fsp3) is 0.500. The molecule has 0 bridgehead atoms. The predicted molar refractivity (Wildman–Crippen MR) is 80.8 cm³/mol. The van der Waals surface area contributed by atoms with Crippen LogP contribution in [0.4, 0.5) is 5.95 Å². The Bertz CT molecular complexity index is 930. The lowest BCUT2D eigenvalue weighted by Crippen LogP contribution is -2.39. The molecule has 0 amide bonds. The van der Waals surface area contributed by atoms with Crippen LogP contribution < -0.4 is 11.3 Å². The van der Waals surface area contributed by atoms with Gasteiger partial charge in [-0.2, -0.15) is 4.98 Å². The smallest absolute Gasteiger partial charge is 0.386 e. The second kappa shape index (κ2) is 5.33. The fourth-order valence-corrected chi connectivity index (χ4v) is 4.26. The van der Waals surface area contributed by atoms with Gasteiger partial charge in [-0.15, -0.1) is 0 Å². The third-order valence-corrected chi connectivity index (χ3v) is 5.29. The van der Waals surface area contributed by atoms with Crippen molar-refractivity contribution in [2.24, 2.45) is 0 Å². The molecule has 2 aromatic heterocycles. The molecular weight excluding hydrogens is 413 g/mol. The van der Waals surface area contributed by atoms with Crippen LogP contribution in [0.15, 0.2) is 9.53 Å². The summed E-state index contributed by atoms with van der Waals surface area (Å²) < 4.78 is 28.2. The Kier molecular flexibility index (Phi) is 3.58. The van der Waals surface area contributed by atoms with Crippen LogP contribution in [0.2, 0.25) is 0 Å². The minimum atomic E-state index is -4.24. The Morgan fingerprint density at radius 1 is 1.46 bits per heavy atom. The van der Waals surface area contributed by atoms with Gasteiger partial charge in [-0.1, -0.05) is 0 Å². The highest BCUT2D eigenvalue weighted by atomic mass is 79.9. The van der Waals surface area contributed by atoms with Crippen molar-refractivity contribution in [3.8, 4) is 0 Å². The summed E-state index contributed by atoms with van der Waals surface area (Å²) in [6.07, 6.45) is -4.25. The number of imidazole rings is 1. The molecule has 5 atom stereocenters. The molecule has 2 aliphatic rings. The summed E-state index contributed by atoms with van der Waals surface area (Å²) in [5.41, 5.74) is 5.07. The molecule has 5 N–H and O–H groups in total. The molecule has 0 saturated carbocycles. The first-order chi connectivity index (χ1) is 11.3. The minimum Gasteiger partial charge on any atom is -0.386 e. The van der Waals surface area contributed by atoms with Gasteiger partial charge >= 0.3 is 7.82 Å². The van der Waals surface area contributed by atoms with E-state index in [1.54, 1.807) is 0 Å². The van der Waals surface area contributed by atoms with E-state index in [0.717, 1.165) is 0 Å². The summed E-state index contributed by atoms with van der Waals surface area (Å²) in [6, 6.07) is 0. The second-order valence-electron chi connectivity index (χ2n) is 5.26. The van der Waals surface area contributed by atoms with Gasteiger partial charge in [0, 0.05) is 0 Å². The molecule has 14 heteroatoms. The van der Waals surface area contributed by atoms with Crippen LogP contribution in [0.5, 0.6) is 0 Å². The highest BCUT2D eigenvalue weighted by Gasteiger charge is 2.53. The molecule has 2 aliphatic heterocycles. The molecule has 0 aliphatic carbocycles. The van der Waals surface area contributed by atoms with Crippen molar-refractivity contribution in [2.45, 2.75) is 24.5 Å². The molecule has 130 valence electrons. The van der Waals surface area contributed by atoms with Gasteiger partial charge in [0.05, 0.1) is 6.61 Å². The van der Waals surface area contributed by atoms with E-state index in [2.05, 4.69) is 35.4 Å². The second-order valence-corrected chi connectivity index (χ2v) is 7.38. The van der Waals surface area contributed by atoms with Gasteiger partial charge in [-0.05, 0) is 15.9 Å². The number of phosphoric ester groups is 1. The van der Waals surface area contributed by atoms with Crippen LogP contribution in [0.1, 0.15) is 6.23 Å². The average molecular weight is 424 g/mol. The predicted octanol–water partition coefficient (Wildman–Crippen LogP) is -0.762. The molecule has 2 saturated heterocycles. The van der Waals surface area contributed by atoms with E-state index in [1.165, 1.54) is 4.57 Å². The number of halogens is 1. The Morgan fingerprint density at radius 3 is 2.96 bits per heavy atom. The lowest BCUT2D eigenvalue weighted by Gasteiger charge is -2.27. The van der Waals surface area contributed by atoms with E-state index in [0.29, 0.717) is 0 Å². The maximum absolute atomic E-state index is 11.9. The zero-order valence-electron chi connectivity index (χ0n) is 11.7. The number of anilines is 1. The van der Waals surface area contributed by atoms with E-state index >= 15 is 0 Å². The van der Waals surface area contributed by atoms with Crippen molar-refractivity contribution < 1.29 is 28.3 Å². The largest absolute Gasteiger partial charge is 0.472 e. The molecule has 0 radical (unpaired) electrons. The summed E-state index contributed by atoms with van der Waals surface area (Å²) in [5, 5.41) is 10.5. The number of ether oxygens (including phenoxy) is 1. The Morgan fingerprint density at radius 2 is 2.21 bits per heavy atom. The quantitative estimate of drug-likeness (QED) is 0.336. The molecule has 4 heterocycles. The molecule has 2 fully saturated rings. The van der Waals surface area contributed by atoms with E-state index in [1.807, 2.05) is 0 Å². The number of nitrogens with two attached hydrogens (primary N) is 1. The summed E-state index contributed by atoms with van der Waals surface area (Å²) in [7, 11) is -4.24. The van der Waals surface area contributed by atoms with Crippen molar-refractivity contribution in [2.75, 3.05) is 12.3 Å². The number of aromatic nitrogens is 4. The zero-order valence-corrected chi connectivity index (χ0v) is 14.2. The Labute approximate surface area is 141 Å². The highest BCUT2D eigenvalue weighted by Crippen LogP contribution is 2.52. The number of hydrogen-bond donors (Lipinski definition) is 4. The topological polar surface area (TPSA) is 175 Å². The molecule has 0 aromatic carbocycles. The van der Waals surface area contributed by atoms with Gasteiger partial charge in [0.25, 0.3) is 5.56 Å². The molecule has 4 rings (SSSR count). The van der Waals surface area contributed by atoms with E-state index in [9.17, 15) is 19.4 Å². The number of fused-ring (bicyclic) bond motifs is 2. The summed E-state index contributed by atoms with van der Waals surface area (Å²) in [6.45, 7) is -0.230. The normalized spacial score (nSPS) is 36.1. The van der Waals surface area contributed by atoms with E-state index < -0.39 is 37.9 Å². The third-order valence-electron chi connectivity index (χ3n) is 3.75. The Balaban J connectivity index is 1.80. The number of nitrogens with zero attached hydrogens (tertiary/aromatic N) is 3. The standard InChI is InChI=1S/C10H11BrN5O7P/c11-9-13-3-6(14-10(12)15-7(3)18)16(9)8-4(17)5-2(22-8)1-21-24(19,20)23-5/h2,4-5,8,17H,1H2,(H,19,20)(H3,12,14,15,18)/t2?,4?,5?,8-/m1/s1. The summed E-state index contributed by atoms with van der Waals surface area (Å²) >= 11 is 3.18. The third kappa shape index (κ3) is 2.40. The number of phosphoric acid groups is 1. The Hall–Kier alpha value is -1.34. The number of nitrogens with one attached hydrogen (secondary N) is 1. The van der Waals surface area contributed by atoms with Crippen molar-refractivity contribution >= 4 is 40.9 Å². The zero-order chi connectivity index (χ0) is 17.2. The number of nitrogen functional groups attached to an aromatic ring is 1. The molecule has 0 spiro atoms. The van der Waals surface area contributed by atoms with Crippen LogP contribution in [0.3, 0.4) is 0 Å². The monoisotopic (exact) mass is 423 g/mol. The average Bonchev–Trinajstić information content (AvgIpc) is 2.96. The lowest BCUT2D eigenvalue weighted by atomic mass is 10.1. The van der Waals surface area contributed by atoms with Crippen molar-refractivity contribution in [3.05, 3.63) is 15.1 Å². The number of H-pyrrole nitrogens is 1. The molecule has 12 nitrogen and oxygen atoms in total. The fourth-order valence-electron chi connectivity index (χ4n) is 2.75. The number of aliphatic hydroxyl groups excluding tert-OH is 1. The van der Waals surface area contributed by atoms with Gasteiger partial charge < -0.3 is 20.5 Å². The number of aromatic amines is 1. The first-order valence-corrected chi connectivity index (χ1v) is 8.98. The van der Waals surface area contributed by atoms with Crippen LogP contribution in [0.25, 0.3) is 11.2 Å². The lowest BCUT2D eigenvalue weighted by molar-refractivity contribution is -0.0669.